The Morgan fingerprint density at radius 2 is 2.19 bits per heavy atom. The number of aromatic nitrogens is 1. The Morgan fingerprint density at radius 3 is 2.62 bits per heavy atom. The summed E-state index contributed by atoms with van der Waals surface area (Å²) in [6.45, 7) is 1.12. The molecular formula is C10H11N3O2S. The van der Waals surface area contributed by atoms with Gasteiger partial charge in [-0.3, -0.25) is 0 Å². The number of rotatable bonds is 2. The van der Waals surface area contributed by atoms with Crippen LogP contribution in [0.1, 0.15) is 5.69 Å². The molecule has 1 saturated heterocycles. The Hall–Kier alpha value is -1.45. The van der Waals surface area contributed by atoms with Crippen molar-refractivity contribution in [3.05, 3.63) is 24.0 Å². The maximum Gasteiger partial charge on any atom is 0.185 e. The first-order valence-corrected chi connectivity index (χ1v) is 6.37. The van der Waals surface area contributed by atoms with E-state index in [0.29, 0.717) is 13.1 Å². The van der Waals surface area contributed by atoms with E-state index in [1.165, 1.54) is 18.3 Å². The summed E-state index contributed by atoms with van der Waals surface area (Å²) in [5.74, 6) is 0. The third-order valence-corrected chi connectivity index (χ3v) is 4.72. The second-order valence-corrected chi connectivity index (χ2v) is 6.11. The highest BCUT2D eigenvalue weighted by Gasteiger charge is 2.36. The smallest absolute Gasteiger partial charge is 0.185 e. The molecule has 0 amide bonds. The van der Waals surface area contributed by atoms with Crippen molar-refractivity contribution in [3.8, 4) is 6.07 Å². The maximum atomic E-state index is 12.0. The van der Waals surface area contributed by atoms with Gasteiger partial charge in [-0.05, 0) is 19.2 Å². The molecule has 0 aliphatic carbocycles. The Balaban J connectivity index is 2.27. The average molecular weight is 237 g/mol. The second-order valence-electron chi connectivity index (χ2n) is 3.88. The molecule has 0 N–H and O–H groups in total. The molecule has 84 valence electrons. The standard InChI is InChI=1S/C10H11N3O2S/c1-13-6-10(7-13)16(14,15)9-3-2-8(4-11)12-5-9/h2-3,5,10H,6-7H2,1H3. The van der Waals surface area contributed by atoms with Gasteiger partial charge < -0.3 is 4.90 Å². The van der Waals surface area contributed by atoms with Crippen LogP contribution in [0.2, 0.25) is 0 Å². The molecular weight excluding hydrogens is 226 g/mol. The molecule has 16 heavy (non-hydrogen) atoms. The van der Waals surface area contributed by atoms with E-state index in [0.717, 1.165) is 0 Å². The summed E-state index contributed by atoms with van der Waals surface area (Å²) in [7, 11) is -1.40. The van der Waals surface area contributed by atoms with Gasteiger partial charge in [0.05, 0.1) is 10.1 Å². The number of pyridine rings is 1. The minimum absolute atomic E-state index is 0.199. The van der Waals surface area contributed by atoms with Crippen molar-refractivity contribution in [2.45, 2.75) is 10.1 Å². The highest BCUT2D eigenvalue weighted by molar-refractivity contribution is 7.92. The van der Waals surface area contributed by atoms with E-state index in [2.05, 4.69) is 4.98 Å². The lowest BCUT2D eigenvalue weighted by atomic mass is 10.2. The van der Waals surface area contributed by atoms with E-state index in [9.17, 15) is 8.42 Å². The Bertz CT molecular complexity index is 524. The zero-order valence-corrected chi connectivity index (χ0v) is 9.61. The number of nitriles is 1. The first kappa shape index (κ1) is 11.0. The molecule has 0 unspecified atom stereocenters. The van der Waals surface area contributed by atoms with E-state index in [1.807, 2.05) is 18.0 Å². The Morgan fingerprint density at radius 1 is 1.50 bits per heavy atom. The lowest BCUT2D eigenvalue weighted by molar-refractivity contribution is 0.232. The fraction of sp³-hybridized carbons (Fsp3) is 0.400. The van der Waals surface area contributed by atoms with Gasteiger partial charge in [0, 0.05) is 19.3 Å². The highest BCUT2D eigenvalue weighted by Crippen LogP contribution is 2.21. The predicted molar refractivity (Wildman–Crippen MR) is 57.4 cm³/mol. The van der Waals surface area contributed by atoms with Crippen molar-refractivity contribution in [1.82, 2.24) is 9.88 Å². The summed E-state index contributed by atoms with van der Waals surface area (Å²) in [6.07, 6.45) is 1.26. The number of sulfone groups is 1. The number of hydrogen-bond donors (Lipinski definition) is 0. The molecule has 6 heteroatoms. The van der Waals surface area contributed by atoms with Crippen molar-refractivity contribution in [3.63, 3.8) is 0 Å². The van der Waals surface area contributed by atoms with Crippen molar-refractivity contribution in [2.75, 3.05) is 20.1 Å². The average Bonchev–Trinajstić information content (AvgIpc) is 2.25. The Labute approximate surface area is 94.2 Å². The fourth-order valence-corrected chi connectivity index (χ4v) is 3.39. The van der Waals surface area contributed by atoms with Gasteiger partial charge in [0.15, 0.2) is 9.84 Å². The molecule has 5 nitrogen and oxygen atoms in total. The van der Waals surface area contributed by atoms with Gasteiger partial charge in [0.1, 0.15) is 11.8 Å². The summed E-state index contributed by atoms with van der Waals surface area (Å²) in [5.41, 5.74) is 0.227. The van der Waals surface area contributed by atoms with Crippen LogP contribution in [0.25, 0.3) is 0 Å². The van der Waals surface area contributed by atoms with E-state index < -0.39 is 9.84 Å². The van der Waals surface area contributed by atoms with Gasteiger partial charge in [0.25, 0.3) is 0 Å². The summed E-state index contributed by atoms with van der Waals surface area (Å²) in [5, 5.41) is 8.22. The van der Waals surface area contributed by atoms with Crippen LogP contribution in [-0.2, 0) is 9.84 Å². The SMILES string of the molecule is CN1CC(S(=O)(=O)c2ccc(C#N)nc2)C1. The number of nitrogens with zero attached hydrogens (tertiary/aromatic N) is 3. The van der Waals surface area contributed by atoms with E-state index in [4.69, 9.17) is 5.26 Å². The Kier molecular flexibility index (Phi) is 2.66. The molecule has 1 aliphatic rings. The predicted octanol–water partition coefficient (Wildman–Crippen LogP) is 0.0410. The molecule has 1 aromatic heterocycles. The van der Waals surface area contributed by atoms with Gasteiger partial charge >= 0.3 is 0 Å². The largest absolute Gasteiger partial charge is 0.304 e. The third-order valence-electron chi connectivity index (χ3n) is 2.65. The molecule has 1 aromatic rings. The lowest BCUT2D eigenvalue weighted by Gasteiger charge is -2.35. The normalized spacial score (nSPS) is 17.8. The van der Waals surface area contributed by atoms with Crippen molar-refractivity contribution in [1.29, 1.82) is 5.26 Å². The van der Waals surface area contributed by atoms with Crippen LogP contribution >= 0.6 is 0 Å². The first-order chi connectivity index (χ1) is 7.54. The van der Waals surface area contributed by atoms with E-state index >= 15 is 0 Å². The van der Waals surface area contributed by atoms with Crippen molar-refractivity contribution >= 4 is 9.84 Å². The van der Waals surface area contributed by atoms with Crippen molar-refractivity contribution < 1.29 is 8.42 Å². The fourth-order valence-electron chi connectivity index (χ4n) is 1.65. The number of hydrogen-bond acceptors (Lipinski definition) is 5. The van der Waals surface area contributed by atoms with Crippen LogP contribution in [0.5, 0.6) is 0 Å². The lowest BCUT2D eigenvalue weighted by Crippen LogP contribution is -2.52. The minimum atomic E-state index is -3.27. The van der Waals surface area contributed by atoms with Crippen LogP contribution in [0, 0.1) is 11.3 Å². The van der Waals surface area contributed by atoms with Gasteiger partial charge in [-0.1, -0.05) is 0 Å². The number of likely N-dealkylation sites (tertiary alicyclic amines) is 1. The molecule has 0 spiro atoms. The highest BCUT2D eigenvalue weighted by atomic mass is 32.2. The van der Waals surface area contributed by atoms with Gasteiger partial charge in [-0.15, -0.1) is 0 Å². The van der Waals surface area contributed by atoms with Crippen LogP contribution in [0.3, 0.4) is 0 Å². The minimum Gasteiger partial charge on any atom is -0.304 e. The quantitative estimate of drug-likeness (QED) is 0.726. The van der Waals surface area contributed by atoms with Crippen LogP contribution in [0.15, 0.2) is 23.2 Å². The molecule has 2 rings (SSSR count). The van der Waals surface area contributed by atoms with Gasteiger partial charge in [-0.25, -0.2) is 13.4 Å². The van der Waals surface area contributed by atoms with Crippen molar-refractivity contribution in [2.24, 2.45) is 0 Å². The topological polar surface area (TPSA) is 74.1 Å². The monoisotopic (exact) mass is 237 g/mol. The molecule has 1 fully saturated rings. The summed E-state index contributed by atoms with van der Waals surface area (Å²) < 4.78 is 24.0. The third kappa shape index (κ3) is 1.79. The summed E-state index contributed by atoms with van der Waals surface area (Å²) >= 11 is 0. The summed E-state index contributed by atoms with van der Waals surface area (Å²) in [6, 6.07) is 4.73. The summed E-state index contributed by atoms with van der Waals surface area (Å²) in [4.78, 5) is 5.91. The van der Waals surface area contributed by atoms with E-state index in [1.54, 1.807) is 0 Å². The molecule has 0 atom stereocenters. The molecule has 0 bridgehead atoms. The first-order valence-electron chi connectivity index (χ1n) is 4.82. The molecule has 0 radical (unpaired) electrons. The zero-order chi connectivity index (χ0) is 11.8. The molecule has 2 heterocycles. The molecule has 0 saturated carbocycles. The van der Waals surface area contributed by atoms with Crippen LogP contribution < -0.4 is 0 Å². The van der Waals surface area contributed by atoms with E-state index in [-0.39, 0.29) is 15.8 Å². The van der Waals surface area contributed by atoms with Crippen LogP contribution in [0.4, 0.5) is 0 Å². The maximum absolute atomic E-state index is 12.0. The van der Waals surface area contributed by atoms with Gasteiger partial charge in [0.2, 0.25) is 0 Å². The zero-order valence-electron chi connectivity index (χ0n) is 8.79. The molecule has 1 aliphatic heterocycles. The molecule has 0 aromatic carbocycles. The van der Waals surface area contributed by atoms with Gasteiger partial charge in [-0.2, -0.15) is 5.26 Å². The van der Waals surface area contributed by atoms with Crippen LogP contribution in [-0.4, -0.2) is 43.7 Å². The second kappa shape index (κ2) is 3.85.